The lowest BCUT2D eigenvalue weighted by Crippen LogP contribution is -2.52. The Hall–Kier alpha value is -3.82. The molecule has 1 aliphatic carbocycles. The molecule has 5 heterocycles. The highest BCUT2D eigenvalue weighted by molar-refractivity contribution is 5.62. The molecule has 0 unspecified atom stereocenters. The molecule has 1 spiro atoms. The second-order valence-electron chi connectivity index (χ2n) is 8.81. The van der Waals surface area contributed by atoms with Crippen LogP contribution in [-0.4, -0.2) is 54.2 Å². The van der Waals surface area contributed by atoms with Crippen molar-refractivity contribution in [2.24, 2.45) is 5.29 Å². The molecule has 1 saturated heterocycles. The van der Waals surface area contributed by atoms with Crippen molar-refractivity contribution in [2.75, 3.05) is 24.5 Å². The molecule has 162 valence electrons. The van der Waals surface area contributed by atoms with Crippen molar-refractivity contribution in [3.63, 3.8) is 0 Å². The third-order valence-electron chi connectivity index (χ3n) is 6.54. The smallest absolute Gasteiger partial charge is 0.258 e. The summed E-state index contributed by atoms with van der Waals surface area (Å²) in [7, 11) is 0. The van der Waals surface area contributed by atoms with E-state index in [4.69, 9.17) is 4.98 Å². The van der Waals surface area contributed by atoms with E-state index in [0.29, 0.717) is 30.1 Å². The lowest BCUT2D eigenvalue weighted by molar-refractivity contribution is 0.162. The number of nitroso groups, excluding NO2 is 1. The summed E-state index contributed by atoms with van der Waals surface area (Å²) >= 11 is 0. The fourth-order valence-corrected chi connectivity index (χ4v) is 4.66. The van der Waals surface area contributed by atoms with Crippen molar-refractivity contribution in [3.05, 3.63) is 63.2 Å². The maximum Gasteiger partial charge on any atom is 0.258 e. The molecule has 0 radical (unpaired) electrons. The van der Waals surface area contributed by atoms with E-state index in [0.717, 1.165) is 42.0 Å². The zero-order valence-electron chi connectivity index (χ0n) is 17.9. The average molecular weight is 430 g/mol. The molecule has 10 heteroatoms. The van der Waals surface area contributed by atoms with Gasteiger partial charge >= 0.3 is 0 Å². The lowest BCUT2D eigenvalue weighted by Gasteiger charge is -2.39. The molecule has 6 rings (SSSR count). The zero-order valence-corrected chi connectivity index (χ0v) is 17.9. The molecule has 0 N–H and O–H groups in total. The maximum absolute atomic E-state index is 13.0. The highest BCUT2D eigenvalue weighted by atomic mass is 16.3. The van der Waals surface area contributed by atoms with Crippen LogP contribution >= 0.6 is 0 Å². The van der Waals surface area contributed by atoms with Crippen molar-refractivity contribution in [1.29, 1.82) is 0 Å². The first-order chi connectivity index (χ1) is 15.5. The molecular weight excluding hydrogens is 408 g/mol. The number of rotatable bonds is 3. The summed E-state index contributed by atoms with van der Waals surface area (Å²) in [5.41, 5.74) is 5.01. The molecular formula is C22H22N8O2. The van der Waals surface area contributed by atoms with Crippen molar-refractivity contribution >= 4 is 17.0 Å². The largest absolute Gasteiger partial charge is 0.366 e. The third kappa shape index (κ3) is 2.86. The second-order valence-corrected chi connectivity index (χ2v) is 8.81. The minimum atomic E-state index is -0.164. The summed E-state index contributed by atoms with van der Waals surface area (Å²) in [5, 5.41) is 9.48. The third-order valence-corrected chi connectivity index (χ3v) is 6.54. The first kappa shape index (κ1) is 18.9. The second kappa shape index (κ2) is 6.59. The van der Waals surface area contributed by atoms with Gasteiger partial charge in [0.2, 0.25) is 0 Å². The van der Waals surface area contributed by atoms with Gasteiger partial charge in [0.05, 0.1) is 40.6 Å². The molecule has 1 aliphatic heterocycles. The Balaban J connectivity index is 1.38. The van der Waals surface area contributed by atoms with Crippen LogP contribution in [0.15, 0.2) is 46.7 Å². The van der Waals surface area contributed by atoms with Crippen LogP contribution in [-0.2, 0) is 0 Å². The predicted octanol–water partition coefficient (Wildman–Crippen LogP) is 2.36. The van der Waals surface area contributed by atoms with Gasteiger partial charge in [-0.05, 0) is 50.5 Å². The van der Waals surface area contributed by atoms with E-state index < -0.39 is 0 Å². The highest BCUT2D eigenvalue weighted by Gasteiger charge is 2.52. The minimum absolute atomic E-state index is 0.143. The van der Waals surface area contributed by atoms with E-state index in [1.54, 1.807) is 13.9 Å². The number of aromatic nitrogens is 5. The Morgan fingerprint density at radius 2 is 1.88 bits per heavy atom. The van der Waals surface area contributed by atoms with Crippen LogP contribution in [0, 0.1) is 18.8 Å². The van der Waals surface area contributed by atoms with Gasteiger partial charge in [-0.1, -0.05) is 0 Å². The van der Waals surface area contributed by atoms with Gasteiger partial charge in [-0.2, -0.15) is 5.10 Å². The van der Waals surface area contributed by atoms with Crippen LogP contribution in [0.4, 0.5) is 5.69 Å². The number of hydrogen-bond donors (Lipinski definition) is 0. The monoisotopic (exact) mass is 430 g/mol. The van der Waals surface area contributed by atoms with Gasteiger partial charge in [0, 0.05) is 25.4 Å². The van der Waals surface area contributed by atoms with Gasteiger partial charge in [0.25, 0.3) is 5.56 Å². The molecule has 0 atom stereocenters. The number of aryl methyl sites for hydroxylation is 2. The summed E-state index contributed by atoms with van der Waals surface area (Å²) < 4.78 is 3.30. The molecule has 0 amide bonds. The first-order valence-electron chi connectivity index (χ1n) is 10.7. The van der Waals surface area contributed by atoms with Crippen molar-refractivity contribution in [3.8, 4) is 11.4 Å². The Labute approximate surface area is 183 Å². The number of hydrogen-bond acceptors (Lipinski definition) is 7. The van der Waals surface area contributed by atoms with Crippen LogP contribution in [0.3, 0.4) is 0 Å². The number of fused-ring (bicyclic) bond motifs is 2. The van der Waals surface area contributed by atoms with Gasteiger partial charge in [0.15, 0.2) is 5.65 Å². The fraction of sp³-hybridized carbons (Fsp3) is 0.364. The Morgan fingerprint density at radius 3 is 2.66 bits per heavy atom. The molecule has 0 aromatic carbocycles. The van der Waals surface area contributed by atoms with E-state index in [-0.39, 0.29) is 11.1 Å². The van der Waals surface area contributed by atoms with Gasteiger partial charge in [0.1, 0.15) is 11.3 Å². The number of anilines is 1. The van der Waals surface area contributed by atoms with E-state index in [2.05, 4.69) is 20.3 Å². The fourth-order valence-electron chi connectivity index (χ4n) is 4.66. The summed E-state index contributed by atoms with van der Waals surface area (Å²) in [6.07, 6.45) is 5.63. The SMILES string of the molecule is Cc1cn2nc(-c3cc(=O)n4cc(N5CCN(N=O)C6(CC6)C5)ccc4n3)cc(C)c2n1. The molecule has 0 bridgehead atoms. The van der Waals surface area contributed by atoms with Crippen LogP contribution in [0.25, 0.3) is 22.7 Å². The molecule has 1 saturated carbocycles. The van der Waals surface area contributed by atoms with E-state index >= 15 is 0 Å². The Kier molecular flexibility index (Phi) is 3.89. The number of nitrogens with zero attached hydrogens (tertiary/aromatic N) is 8. The average Bonchev–Trinajstić information content (AvgIpc) is 3.43. The molecule has 2 aliphatic rings. The van der Waals surface area contributed by atoms with Crippen LogP contribution in [0.5, 0.6) is 0 Å². The Bertz CT molecular complexity index is 1450. The summed E-state index contributed by atoms with van der Waals surface area (Å²) in [6.45, 7) is 5.91. The standard InChI is InChI=1S/C22H22N8O2/c1-14-9-18(25-29-11-15(2)23-21(14)29)17-10-20(31)28-12-16(3-4-19(28)24-17)27-7-8-30(26-32)22(13-27)5-6-22/h3-4,9-12H,5-8,13H2,1-2H3. The molecule has 32 heavy (non-hydrogen) atoms. The summed E-state index contributed by atoms with van der Waals surface area (Å²) in [5.74, 6) is 0. The van der Waals surface area contributed by atoms with Gasteiger partial charge in [-0.3, -0.25) is 14.2 Å². The number of pyridine rings is 1. The first-order valence-corrected chi connectivity index (χ1v) is 10.7. The number of imidazole rings is 1. The van der Waals surface area contributed by atoms with Crippen molar-refractivity contribution < 1.29 is 0 Å². The zero-order chi connectivity index (χ0) is 22.0. The van der Waals surface area contributed by atoms with E-state index in [1.165, 1.54) is 6.07 Å². The Morgan fingerprint density at radius 1 is 1.03 bits per heavy atom. The summed E-state index contributed by atoms with van der Waals surface area (Å²) in [6, 6.07) is 7.26. The highest BCUT2D eigenvalue weighted by Crippen LogP contribution is 2.45. The normalized spacial score (nSPS) is 17.4. The predicted molar refractivity (Wildman–Crippen MR) is 120 cm³/mol. The van der Waals surface area contributed by atoms with E-state index in [1.807, 2.05) is 44.4 Å². The molecule has 10 nitrogen and oxygen atoms in total. The lowest BCUT2D eigenvalue weighted by atomic mass is 10.1. The van der Waals surface area contributed by atoms with E-state index in [9.17, 15) is 9.70 Å². The van der Waals surface area contributed by atoms with Gasteiger partial charge in [-0.25, -0.2) is 14.5 Å². The quantitative estimate of drug-likeness (QED) is 0.460. The molecule has 4 aromatic heterocycles. The van der Waals surface area contributed by atoms with Crippen LogP contribution < -0.4 is 10.5 Å². The summed E-state index contributed by atoms with van der Waals surface area (Å²) in [4.78, 5) is 35.5. The van der Waals surface area contributed by atoms with Crippen LogP contribution in [0.1, 0.15) is 24.1 Å². The number of piperazine rings is 1. The maximum atomic E-state index is 13.0. The van der Waals surface area contributed by atoms with Crippen molar-refractivity contribution in [2.45, 2.75) is 32.2 Å². The topological polar surface area (TPSA) is 100 Å². The molecule has 2 fully saturated rings. The molecule has 4 aromatic rings. The van der Waals surface area contributed by atoms with Gasteiger partial charge in [-0.15, -0.1) is 4.91 Å². The van der Waals surface area contributed by atoms with Gasteiger partial charge < -0.3 is 4.90 Å². The minimum Gasteiger partial charge on any atom is -0.366 e. The van der Waals surface area contributed by atoms with Crippen LogP contribution in [0.2, 0.25) is 0 Å². The van der Waals surface area contributed by atoms with Crippen molar-refractivity contribution in [1.82, 2.24) is 29.0 Å².